The van der Waals surface area contributed by atoms with Gasteiger partial charge >= 0.3 is 0 Å². The average Bonchev–Trinajstić information content (AvgIpc) is 1.65. The Kier molecular flexibility index (Phi) is 4.58. The average molecular weight is 154 g/mol. The van der Waals surface area contributed by atoms with E-state index in [9.17, 15) is 0 Å². The van der Waals surface area contributed by atoms with Gasteiger partial charge in [-0.15, -0.1) is 11.7 Å². The van der Waals surface area contributed by atoms with Crippen LogP contribution in [0.15, 0.2) is 0 Å². The largest absolute Gasteiger partial charge is 0.175 e. The van der Waals surface area contributed by atoms with Gasteiger partial charge < -0.3 is 0 Å². The Balaban J connectivity index is 3.14. The number of hydrogen-bond donors (Lipinski definition) is 2. The monoisotopic (exact) mass is 154 g/mol. The highest BCUT2D eigenvalue weighted by atomic mass is 33.1. The summed E-state index contributed by atoms with van der Waals surface area (Å²) in [5.74, 6) is 0. The van der Waals surface area contributed by atoms with E-state index in [1.807, 2.05) is 0 Å². The second-order valence-electron chi connectivity index (χ2n) is 1.55. The molecule has 0 aromatic heterocycles. The normalized spacial score (nSPS) is 18.9. The maximum absolute atomic E-state index is 4.20. The molecule has 0 heterocycles. The van der Waals surface area contributed by atoms with Crippen LogP contribution < -0.4 is 0 Å². The zero-order valence-corrected chi connectivity index (χ0v) is 7.06. The van der Waals surface area contributed by atoms with Crippen LogP contribution in [0.5, 0.6) is 0 Å². The molecule has 0 amide bonds. The van der Waals surface area contributed by atoms with Crippen LogP contribution in [0.4, 0.5) is 0 Å². The van der Waals surface area contributed by atoms with E-state index in [4.69, 9.17) is 0 Å². The molecule has 0 aromatic carbocycles. The predicted octanol–water partition coefficient (Wildman–Crippen LogP) is 2.27. The Morgan fingerprint density at radius 1 is 1.43 bits per heavy atom. The molecule has 2 atom stereocenters. The highest BCUT2D eigenvalue weighted by Crippen LogP contribution is 2.20. The minimum atomic E-state index is 0.447. The minimum absolute atomic E-state index is 0.447. The van der Waals surface area contributed by atoms with Gasteiger partial charge in [-0.1, -0.05) is 24.6 Å². The molecule has 0 radical (unpaired) electrons. The number of rotatable bonds is 2. The molecule has 0 aliphatic heterocycles. The molecule has 3 heteroatoms. The zero-order chi connectivity index (χ0) is 5.86. The van der Waals surface area contributed by atoms with Crippen LogP contribution >= 0.6 is 35.1 Å². The van der Waals surface area contributed by atoms with Crippen LogP contribution in [0.3, 0.4) is 0 Å². The van der Waals surface area contributed by atoms with Crippen molar-refractivity contribution in [3.63, 3.8) is 0 Å². The van der Waals surface area contributed by atoms with Crippen molar-refractivity contribution in [2.75, 3.05) is 0 Å². The lowest BCUT2D eigenvalue weighted by Gasteiger charge is -2.08. The van der Waals surface area contributed by atoms with E-state index in [-0.39, 0.29) is 0 Å². The Labute approximate surface area is 59.7 Å². The lowest BCUT2D eigenvalue weighted by Crippen LogP contribution is -2.06. The van der Waals surface area contributed by atoms with Gasteiger partial charge in [0.05, 0.1) is 0 Å². The quantitative estimate of drug-likeness (QED) is 0.454. The fraction of sp³-hybridized carbons (Fsp3) is 1.00. The van der Waals surface area contributed by atoms with Gasteiger partial charge in [0.15, 0.2) is 0 Å². The SMILES string of the molecule is CC(SS)[C@@H](C)S. The second kappa shape index (κ2) is 3.98. The molecule has 0 saturated carbocycles. The molecule has 0 N–H and O–H groups in total. The summed E-state index contributed by atoms with van der Waals surface area (Å²) >= 11 is 8.23. The van der Waals surface area contributed by atoms with E-state index in [2.05, 4.69) is 38.1 Å². The van der Waals surface area contributed by atoms with E-state index >= 15 is 0 Å². The van der Waals surface area contributed by atoms with E-state index in [1.165, 1.54) is 0 Å². The van der Waals surface area contributed by atoms with E-state index < -0.39 is 0 Å². The lowest BCUT2D eigenvalue weighted by atomic mass is 10.4. The third-order valence-electron chi connectivity index (χ3n) is 0.846. The van der Waals surface area contributed by atoms with Crippen molar-refractivity contribution < 1.29 is 0 Å². The summed E-state index contributed by atoms with van der Waals surface area (Å²) in [6, 6.07) is 0. The molecular weight excluding hydrogens is 144 g/mol. The topological polar surface area (TPSA) is 0 Å². The molecule has 0 nitrogen and oxygen atoms in total. The molecule has 0 aliphatic carbocycles. The first-order valence-electron chi connectivity index (χ1n) is 2.16. The van der Waals surface area contributed by atoms with Crippen LogP contribution in [0.25, 0.3) is 0 Å². The number of hydrogen-bond acceptors (Lipinski definition) is 3. The molecule has 44 valence electrons. The molecule has 0 saturated heterocycles. The maximum Gasteiger partial charge on any atom is 0.0234 e. The summed E-state index contributed by atoms with van der Waals surface area (Å²) in [6.07, 6.45) is 0. The minimum Gasteiger partial charge on any atom is -0.175 e. The Morgan fingerprint density at radius 3 is 1.86 bits per heavy atom. The fourth-order valence-electron chi connectivity index (χ4n) is 0.0881. The lowest BCUT2D eigenvalue weighted by molar-refractivity contribution is 0.940. The highest BCUT2D eigenvalue weighted by Gasteiger charge is 2.03. The van der Waals surface area contributed by atoms with Gasteiger partial charge in [-0.25, -0.2) is 0 Å². The van der Waals surface area contributed by atoms with Crippen LogP contribution in [0, 0.1) is 0 Å². The van der Waals surface area contributed by atoms with Crippen molar-refractivity contribution in [3.05, 3.63) is 0 Å². The molecule has 0 aliphatic rings. The standard InChI is InChI=1S/C4H10S3/c1-3(5)4(2)7-6/h3-6H,1-2H3/t3-,4?/m1/s1. The summed E-state index contributed by atoms with van der Waals surface area (Å²) < 4.78 is 0. The third kappa shape index (κ3) is 3.62. The van der Waals surface area contributed by atoms with E-state index in [0.29, 0.717) is 10.5 Å². The van der Waals surface area contributed by atoms with Gasteiger partial charge in [-0.3, -0.25) is 0 Å². The van der Waals surface area contributed by atoms with Crippen molar-refractivity contribution in [2.45, 2.75) is 24.3 Å². The maximum atomic E-state index is 4.20. The van der Waals surface area contributed by atoms with Gasteiger partial charge in [0.2, 0.25) is 0 Å². The van der Waals surface area contributed by atoms with Crippen LogP contribution in [-0.2, 0) is 0 Å². The van der Waals surface area contributed by atoms with Crippen molar-refractivity contribution in [1.29, 1.82) is 0 Å². The Bertz CT molecular complexity index is 44.2. The molecule has 0 aromatic rings. The first-order chi connectivity index (χ1) is 3.18. The van der Waals surface area contributed by atoms with E-state index in [1.54, 1.807) is 10.8 Å². The summed E-state index contributed by atoms with van der Waals surface area (Å²) in [5, 5.41) is 0.995. The van der Waals surface area contributed by atoms with Gasteiger partial charge in [0.25, 0.3) is 0 Å². The summed E-state index contributed by atoms with van der Waals surface area (Å²) in [4.78, 5) is 0. The first-order valence-corrected chi connectivity index (χ1v) is 4.61. The summed E-state index contributed by atoms with van der Waals surface area (Å²) in [6.45, 7) is 4.17. The van der Waals surface area contributed by atoms with Gasteiger partial charge in [-0.05, 0) is 0 Å². The van der Waals surface area contributed by atoms with Gasteiger partial charge in [-0.2, -0.15) is 12.6 Å². The predicted molar refractivity (Wildman–Crippen MR) is 44.5 cm³/mol. The Morgan fingerprint density at radius 2 is 1.86 bits per heavy atom. The van der Waals surface area contributed by atoms with Crippen molar-refractivity contribution in [2.24, 2.45) is 0 Å². The Hall–Kier alpha value is 1.05. The molecule has 1 unspecified atom stereocenters. The third-order valence-corrected chi connectivity index (χ3v) is 3.23. The van der Waals surface area contributed by atoms with Crippen molar-refractivity contribution in [3.8, 4) is 0 Å². The summed E-state index contributed by atoms with van der Waals surface area (Å²) in [5.41, 5.74) is 0. The molecule has 0 rings (SSSR count). The number of thiol groups is 2. The molecule has 0 fully saturated rings. The van der Waals surface area contributed by atoms with Crippen LogP contribution in [-0.4, -0.2) is 10.5 Å². The molecular formula is C4H10S3. The van der Waals surface area contributed by atoms with Crippen LogP contribution in [0.2, 0.25) is 0 Å². The second-order valence-corrected chi connectivity index (χ2v) is 3.95. The van der Waals surface area contributed by atoms with Gasteiger partial charge in [0.1, 0.15) is 0 Å². The summed E-state index contributed by atoms with van der Waals surface area (Å²) in [7, 11) is 1.55. The molecule has 0 spiro atoms. The van der Waals surface area contributed by atoms with E-state index in [0.717, 1.165) is 0 Å². The fourth-order valence-corrected chi connectivity index (χ4v) is 1.28. The van der Waals surface area contributed by atoms with Gasteiger partial charge in [0, 0.05) is 10.5 Å². The van der Waals surface area contributed by atoms with Crippen molar-refractivity contribution >= 4 is 35.1 Å². The highest BCUT2D eigenvalue weighted by molar-refractivity contribution is 8.68. The van der Waals surface area contributed by atoms with Crippen LogP contribution in [0.1, 0.15) is 13.8 Å². The molecule has 0 bridgehead atoms. The van der Waals surface area contributed by atoms with Crippen molar-refractivity contribution in [1.82, 2.24) is 0 Å². The first kappa shape index (κ1) is 8.05. The zero-order valence-electron chi connectivity index (χ0n) is 4.46. The smallest absolute Gasteiger partial charge is 0.0234 e. The molecule has 7 heavy (non-hydrogen) atoms.